The van der Waals surface area contributed by atoms with Crippen LogP contribution >= 0.6 is 0 Å². The minimum absolute atomic E-state index is 0.0364. The molecular weight excluding hydrogens is 226 g/mol. The molecule has 5 nitrogen and oxygen atoms in total. The van der Waals surface area contributed by atoms with Crippen molar-refractivity contribution in [1.82, 2.24) is 20.4 Å². The van der Waals surface area contributed by atoms with Crippen molar-refractivity contribution in [3.05, 3.63) is 18.1 Å². The second-order valence-electron chi connectivity index (χ2n) is 5.60. The maximum Gasteiger partial charge on any atom is 0.180 e. The summed E-state index contributed by atoms with van der Waals surface area (Å²) in [4.78, 5) is 8.89. The van der Waals surface area contributed by atoms with Crippen LogP contribution in [0.3, 0.4) is 0 Å². The van der Waals surface area contributed by atoms with Crippen LogP contribution in [-0.2, 0) is 6.42 Å². The molecular formula is C13H25N5. The largest absolute Gasteiger partial charge is 0.256 e. The molecule has 0 atom stereocenters. The zero-order valence-electron chi connectivity index (χ0n) is 12.4. The molecule has 0 fully saturated rings. The van der Waals surface area contributed by atoms with Gasteiger partial charge in [-0.1, -0.05) is 13.3 Å². The lowest BCUT2D eigenvalue weighted by atomic mass is 10.1. The monoisotopic (exact) mass is 251 g/mol. The summed E-state index contributed by atoms with van der Waals surface area (Å²) in [5.41, 5.74) is 4.41. The fourth-order valence-electron chi connectivity index (χ4n) is 1.61. The van der Waals surface area contributed by atoms with Gasteiger partial charge in [0.15, 0.2) is 5.82 Å². The molecule has 0 saturated heterocycles. The minimum Gasteiger partial charge on any atom is -0.256 e. The number of nitrogens with one attached hydrogen (secondary N) is 1. The second kappa shape index (κ2) is 6.11. The smallest absolute Gasteiger partial charge is 0.180 e. The number of aromatic nitrogens is 2. The van der Waals surface area contributed by atoms with E-state index in [0.29, 0.717) is 0 Å². The Morgan fingerprint density at radius 3 is 2.28 bits per heavy atom. The van der Waals surface area contributed by atoms with E-state index in [2.05, 4.69) is 43.1 Å². The molecule has 1 aromatic rings. The van der Waals surface area contributed by atoms with Gasteiger partial charge in [-0.3, -0.25) is 4.98 Å². The maximum atomic E-state index is 4.46. The van der Waals surface area contributed by atoms with Gasteiger partial charge < -0.3 is 0 Å². The first-order valence-corrected chi connectivity index (χ1v) is 6.40. The molecule has 0 amide bonds. The van der Waals surface area contributed by atoms with Crippen LogP contribution in [0.2, 0.25) is 0 Å². The summed E-state index contributed by atoms with van der Waals surface area (Å²) in [6, 6.07) is 0. The van der Waals surface area contributed by atoms with Gasteiger partial charge >= 0.3 is 0 Å². The summed E-state index contributed by atoms with van der Waals surface area (Å²) in [5, 5.41) is 3.94. The molecule has 0 aromatic carbocycles. The molecule has 0 saturated carbocycles. The summed E-state index contributed by atoms with van der Waals surface area (Å²) in [6.07, 6.45) is 5.47. The van der Waals surface area contributed by atoms with E-state index in [1.807, 2.05) is 24.2 Å². The normalized spacial score (nSPS) is 11.9. The molecule has 0 aliphatic rings. The first kappa shape index (κ1) is 14.9. The first-order valence-electron chi connectivity index (χ1n) is 6.40. The van der Waals surface area contributed by atoms with Crippen molar-refractivity contribution >= 4 is 5.82 Å². The van der Waals surface area contributed by atoms with Crippen LogP contribution in [0.25, 0.3) is 0 Å². The van der Waals surface area contributed by atoms with Crippen LogP contribution in [0.5, 0.6) is 0 Å². The van der Waals surface area contributed by atoms with Gasteiger partial charge in [-0.2, -0.15) is 0 Å². The highest BCUT2D eigenvalue weighted by molar-refractivity contribution is 5.40. The molecule has 1 N–H and O–H groups in total. The third-order valence-corrected chi connectivity index (χ3v) is 2.28. The van der Waals surface area contributed by atoms with Gasteiger partial charge in [0.05, 0.1) is 5.69 Å². The Morgan fingerprint density at radius 2 is 1.78 bits per heavy atom. The summed E-state index contributed by atoms with van der Waals surface area (Å²) >= 11 is 0. The van der Waals surface area contributed by atoms with Crippen molar-refractivity contribution in [2.45, 2.75) is 46.1 Å². The highest BCUT2D eigenvalue weighted by Crippen LogP contribution is 2.17. The molecule has 0 spiro atoms. The van der Waals surface area contributed by atoms with Crippen LogP contribution in [-0.4, -0.2) is 34.6 Å². The zero-order valence-corrected chi connectivity index (χ0v) is 12.4. The van der Waals surface area contributed by atoms with Crippen LogP contribution in [0.15, 0.2) is 12.4 Å². The topological polar surface area (TPSA) is 44.3 Å². The van der Waals surface area contributed by atoms with Crippen LogP contribution in [0.1, 0.15) is 39.8 Å². The van der Waals surface area contributed by atoms with Gasteiger partial charge in [0.1, 0.15) is 0 Å². The minimum atomic E-state index is -0.0364. The Morgan fingerprint density at radius 1 is 1.17 bits per heavy atom. The van der Waals surface area contributed by atoms with Gasteiger partial charge in [0, 0.05) is 32.0 Å². The van der Waals surface area contributed by atoms with E-state index >= 15 is 0 Å². The summed E-state index contributed by atoms with van der Waals surface area (Å²) < 4.78 is 0. The lowest BCUT2D eigenvalue weighted by Gasteiger charge is -2.36. The fraction of sp³-hybridized carbons (Fsp3) is 0.692. The number of hydrazine groups is 2. The van der Waals surface area contributed by atoms with Gasteiger partial charge in [0.25, 0.3) is 0 Å². The second-order valence-corrected chi connectivity index (χ2v) is 5.60. The molecule has 0 radical (unpaired) electrons. The van der Waals surface area contributed by atoms with Crippen molar-refractivity contribution in [2.24, 2.45) is 0 Å². The van der Waals surface area contributed by atoms with Crippen LogP contribution in [0, 0.1) is 0 Å². The van der Waals surface area contributed by atoms with E-state index in [0.717, 1.165) is 24.4 Å². The number of nitrogens with zero attached hydrogens (tertiary/aromatic N) is 4. The standard InChI is InChI=1S/C13H25N5/c1-7-8-11-12(15-10-9-14-11)18(17(5)6)16-13(2,3)4/h9-10,16H,7-8H2,1-6H3. The SMILES string of the molecule is CCCc1nccnc1N(NC(C)(C)C)N(C)C. The van der Waals surface area contributed by atoms with Gasteiger partial charge in [0.2, 0.25) is 0 Å². The third kappa shape index (κ3) is 4.23. The van der Waals surface area contributed by atoms with Crippen LogP contribution < -0.4 is 10.5 Å². The Labute approximate surface area is 110 Å². The van der Waals surface area contributed by atoms with Gasteiger partial charge in [-0.15, -0.1) is 0 Å². The van der Waals surface area contributed by atoms with Crippen LogP contribution in [0.4, 0.5) is 5.82 Å². The Bertz CT molecular complexity index is 370. The van der Waals surface area contributed by atoms with Gasteiger partial charge in [-0.05, 0) is 27.2 Å². The lowest BCUT2D eigenvalue weighted by molar-refractivity contribution is 0.258. The molecule has 0 aliphatic carbocycles. The highest BCUT2D eigenvalue weighted by atomic mass is 15.8. The van der Waals surface area contributed by atoms with E-state index in [-0.39, 0.29) is 5.54 Å². The highest BCUT2D eigenvalue weighted by Gasteiger charge is 2.21. The van der Waals surface area contributed by atoms with Gasteiger partial charge in [-0.25, -0.2) is 20.5 Å². The van der Waals surface area contributed by atoms with E-state index in [4.69, 9.17) is 0 Å². The van der Waals surface area contributed by atoms with Crippen molar-refractivity contribution in [3.63, 3.8) is 0 Å². The molecule has 0 aliphatic heterocycles. The molecule has 0 bridgehead atoms. The average molecular weight is 251 g/mol. The number of hydrogen-bond acceptors (Lipinski definition) is 5. The van der Waals surface area contributed by atoms with Crippen molar-refractivity contribution in [3.8, 4) is 0 Å². The number of aryl methyl sites for hydroxylation is 1. The number of rotatable bonds is 5. The summed E-state index contributed by atoms with van der Waals surface area (Å²) in [6.45, 7) is 8.52. The number of anilines is 1. The quantitative estimate of drug-likeness (QED) is 0.811. The van der Waals surface area contributed by atoms with E-state index < -0.39 is 0 Å². The number of hydrogen-bond donors (Lipinski definition) is 1. The lowest BCUT2D eigenvalue weighted by Crippen LogP contribution is -2.56. The molecule has 0 unspecified atom stereocenters. The molecule has 1 aromatic heterocycles. The Kier molecular flexibility index (Phi) is 5.04. The van der Waals surface area contributed by atoms with Crippen molar-refractivity contribution in [1.29, 1.82) is 0 Å². The molecule has 102 valence electrons. The first-order chi connectivity index (χ1) is 8.35. The van der Waals surface area contributed by atoms with E-state index in [1.165, 1.54) is 0 Å². The Hall–Kier alpha value is -1.20. The van der Waals surface area contributed by atoms with Crippen molar-refractivity contribution in [2.75, 3.05) is 19.2 Å². The average Bonchev–Trinajstić information content (AvgIpc) is 2.26. The predicted molar refractivity (Wildman–Crippen MR) is 75.1 cm³/mol. The zero-order chi connectivity index (χ0) is 13.8. The molecule has 5 heteroatoms. The van der Waals surface area contributed by atoms with Crippen molar-refractivity contribution < 1.29 is 0 Å². The molecule has 18 heavy (non-hydrogen) atoms. The predicted octanol–water partition coefficient (Wildman–Crippen LogP) is 2.02. The molecule has 1 rings (SSSR count). The maximum absolute atomic E-state index is 4.46. The fourth-order valence-corrected chi connectivity index (χ4v) is 1.61. The summed E-state index contributed by atoms with van der Waals surface area (Å²) in [7, 11) is 3.98. The van der Waals surface area contributed by atoms with E-state index in [1.54, 1.807) is 12.4 Å². The summed E-state index contributed by atoms with van der Waals surface area (Å²) in [5.74, 6) is 0.874. The molecule has 1 heterocycles. The third-order valence-electron chi connectivity index (χ3n) is 2.28. The Balaban J connectivity index is 3.05. The van der Waals surface area contributed by atoms with E-state index in [9.17, 15) is 0 Å².